The summed E-state index contributed by atoms with van der Waals surface area (Å²) in [5, 5.41) is 12.0. The van der Waals surface area contributed by atoms with Crippen LogP contribution in [-0.4, -0.2) is 39.6 Å². The molecular weight excluding hydrogens is 278 g/mol. The molecule has 7 heteroatoms. The van der Waals surface area contributed by atoms with E-state index in [-0.39, 0.29) is 11.9 Å². The Labute approximate surface area is 121 Å². The number of rotatable bonds is 5. The van der Waals surface area contributed by atoms with Gasteiger partial charge in [0.1, 0.15) is 5.54 Å². The minimum atomic E-state index is -1.17. The number of hydrogen-bond acceptors (Lipinski definition) is 4. The number of aryl methyl sites for hydroxylation is 1. The van der Waals surface area contributed by atoms with E-state index in [0.29, 0.717) is 6.54 Å². The zero-order valence-corrected chi connectivity index (χ0v) is 12.7. The summed E-state index contributed by atoms with van der Waals surface area (Å²) in [6.07, 6.45) is 1.70. The van der Waals surface area contributed by atoms with Crippen molar-refractivity contribution in [1.29, 1.82) is 0 Å². The van der Waals surface area contributed by atoms with Gasteiger partial charge in [0.2, 0.25) is 0 Å². The van der Waals surface area contributed by atoms with E-state index in [1.807, 2.05) is 6.92 Å². The van der Waals surface area contributed by atoms with Gasteiger partial charge in [-0.05, 0) is 32.6 Å². The quantitative estimate of drug-likeness (QED) is 0.869. The first-order chi connectivity index (χ1) is 9.34. The van der Waals surface area contributed by atoms with Gasteiger partial charge in [0.05, 0.1) is 17.7 Å². The highest BCUT2D eigenvalue weighted by atomic mass is 32.1. The third kappa shape index (κ3) is 2.92. The molecule has 1 saturated carbocycles. The van der Waals surface area contributed by atoms with Gasteiger partial charge in [0.15, 0.2) is 0 Å². The summed E-state index contributed by atoms with van der Waals surface area (Å²) >= 11 is 1.49. The minimum absolute atomic E-state index is 0.0301. The zero-order valence-electron chi connectivity index (χ0n) is 11.8. The number of carbonyl (C=O) groups is 2. The molecule has 1 atom stereocenters. The molecule has 1 aromatic heterocycles. The number of carboxylic acid groups (broad SMARTS) is 1. The lowest BCUT2D eigenvalue weighted by molar-refractivity contribution is -0.144. The van der Waals surface area contributed by atoms with Gasteiger partial charge in [0.25, 0.3) is 0 Å². The molecule has 1 aliphatic carbocycles. The number of aliphatic carboxylic acids is 1. The van der Waals surface area contributed by atoms with Gasteiger partial charge < -0.3 is 15.3 Å². The molecule has 1 aliphatic rings. The van der Waals surface area contributed by atoms with Crippen LogP contribution in [0.4, 0.5) is 4.79 Å². The third-order valence-corrected chi connectivity index (χ3v) is 4.70. The van der Waals surface area contributed by atoms with Crippen LogP contribution < -0.4 is 5.32 Å². The molecule has 1 heterocycles. The average molecular weight is 297 g/mol. The van der Waals surface area contributed by atoms with Crippen LogP contribution >= 0.6 is 11.3 Å². The van der Waals surface area contributed by atoms with Crippen LogP contribution in [0.3, 0.4) is 0 Å². The molecule has 2 N–H and O–H groups in total. The van der Waals surface area contributed by atoms with E-state index in [2.05, 4.69) is 10.3 Å². The molecule has 0 spiro atoms. The van der Waals surface area contributed by atoms with E-state index >= 15 is 0 Å². The highest BCUT2D eigenvalue weighted by molar-refractivity contribution is 7.09. The molecule has 0 aromatic carbocycles. The van der Waals surface area contributed by atoms with Crippen molar-refractivity contribution < 1.29 is 14.7 Å². The molecule has 1 aromatic rings. The second kappa shape index (κ2) is 5.40. The number of amides is 2. The molecule has 0 aliphatic heterocycles. The fourth-order valence-corrected chi connectivity index (χ4v) is 2.90. The maximum Gasteiger partial charge on any atom is 0.329 e. The normalized spacial score (nSPS) is 17.4. The van der Waals surface area contributed by atoms with Crippen LogP contribution in [-0.2, 0) is 11.3 Å². The number of thiazole rings is 1. The molecule has 0 saturated heterocycles. The molecule has 0 bridgehead atoms. The Morgan fingerprint density at radius 1 is 1.60 bits per heavy atom. The standard InChI is InChI=1S/C13H19N3O3S/c1-8-10(20-7-14-8)6-16(3)12(19)15-13(2,11(17)18)9-4-5-9/h7,9H,4-6H2,1-3H3,(H,15,19)(H,17,18). The lowest BCUT2D eigenvalue weighted by Crippen LogP contribution is -2.56. The van der Waals surface area contributed by atoms with Gasteiger partial charge >= 0.3 is 12.0 Å². The zero-order chi connectivity index (χ0) is 14.9. The summed E-state index contributed by atoms with van der Waals surface area (Å²) in [6.45, 7) is 3.91. The number of nitrogens with zero attached hydrogens (tertiary/aromatic N) is 2. The number of carbonyl (C=O) groups excluding carboxylic acids is 1. The van der Waals surface area contributed by atoms with Gasteiger partial charge in [-0.1, -0.05) is 0 Å². The Balaban J connectivity index is 2.00. The van der Waals surface area contributed by atoms with Crippen molar-refractivity contribution in [1.82, 2.24) is 15.2 Å². The maximum absolute atomic E-state index is 12.2. The molecule has 20 heavy (non-hydrogen) atoms. The average Bonchev–Trinajstić information content (AvgIpc) is 3.15. The summed E-state index contributed by atoms with van der Waals surface area (Å²) in [4.78, 5) is 30.2. The van der Waals surface area contributed by atoms with E-state index in [0.717, 1.165) is 23.4 Å². The van der Waals surface area contributed by atoms with Crippen LogP contribution in [0.2, 0.25) is 0 Å². The Kier molecular flexibility index (Phi) is 3.99. The van der Waals surface area contributed by atoms with E-state index < -0.39 is 11.5 Å². The monoisotopic (exact) mass is 297 g/mol. The highest BCUT2D eigenvalue weighted by Crippen LogP contribution is 2.39. The number of aromatic nitrogens is 1. The Morgan fingerprint density at radius 3 is 2.70 bits per heavy atom. The van der Waals surface area contributed by atoms with E-state index in [4.69, 9.17) is 0 Å². The van der Waals surface area contributed by atoms with Crippen molar-refractivity contribution in [3.63, 3.8) is 0 Å². The van der Waals surface area contributed by atoms with Gasteiger partial charge in [-0.15, -0.1) is 11.3 Å². The number of hydrogen-bond donors (Lipinski definition) is 2. The van der Waals surface area contributed by atoms with Crippen molar-refractivity contribution in [3.05, 3.63) is 16.1 Å². The van der Waals surface area contributed by atoms with Gasteiger partial charge in [-0.2, -0.15) is 0 Å². The highest BCUT2D eigenvalue weighted by Gasteiger charge is 2.48. The Morgan fingerprint density at radius 2 is 2.25 bits per heavy atom. The fourth-order valence-electron chi connectivity index (χ4n) is 2.07. The first-order valence-corrected chi connectivity index (χ1v) is 7.38. The molecule has 2 amide bonds. The first kappa shape index (κ1) is 14.8. The van der Waals surface area contributed by atoms with Crippen LogP contribution in [0.1, 0.15) is 30.3 Å². The summed E-state index contributed by atoms with van der Waals surface area (Å²) in [7, 11) is 1.66. The van der Waals surface area contributed by atoms with Crippen LogP contribution in [0.15, 0.2) is 5.51 Å². The van der Waals surface area contributed by atoms with Crippen LogP contribution in [0.5, 0.6) is 0 Å². The predicted octanol–water partition coefficient (Wildman–Crippen LogP) is 1.85. The molecule has 110 valence electrons. The lowest BCUT2D eigenvalue weighted by atomic mass is 9.96. The molecular formula is C13H19N3O3S. The third-order valence-electron chi connectivity index (χ3n) is 3.78. The van der Waals surface area contributed by atoms with E-state index in [9.17, 15) is 14.7 Å². The van der Waals surface area contributed by atoms with Crippen molar-refractivity contribution in [2.24, 2.45) is 5.92 Å². The summed E-state index contributed by atoms with van der Waals surface area (Å²) in [6, 6.07) is -0.366. The number of nitrogens with one attached hydrogen (secondary N) is 1. The molecule has 1 fully saturated rings. The van der Waals surface area contributed by atoms with Crippen molar-refractivity contribution in [2.45, 2.75) is 38.8 Å². The Bertz CT molecular complexity index is 527. The topological polar surface area (TPSA) is 82.5 Å². The second-order valence-electron chi connectivity index (χ2n) is 5.43. The smallest absolute Gasteiger partial charge is 0.329 e. The second-order valence-corrected chi connectivity index (χ2v) is 6.37. The van der Waals surface area contributed by atoms with Crippen molar-refractivity contribution in [2.75, 3.05) is 7.05 Å². The predicted molar refractivity (Wildman–Crippen MR) is 75.6 cm³/mol. The van der Waals surface area contributed by atoms with E-state index in [1.54, 1.807) is 19.5 Å². The number of carboxylic acids is 1. The first-order valence-electron chi connectivity index (χ1n) is 6.50. The SMILES string of the molecule is Cc1ncsc1CN(C)C(=O)NC(C)(C(=O)O)C1CC1. The molecule has 0 radical (unpaired) electrons. The minimum Gasteiger partial charge on any atom is -0.480 e. The van der Waals surface area contributed by atoms with Crippen LogP contribution in [0.25, 0.3) is 0 Å². The van der Waals surface area contributed by atoms with Crippen LogP contribution in [0, 0.1) is 12.8 Å². The molecule has 2 rings (SSSR count). The van der Waals surface area contributed by atoms with E-state index in [1.165, 1.54) is 16.2 Å². The van der Waals surface area contributed by atoms with Crippen molar-refractivity contribution >= 4 is 23.3 Å². The largest absolute Gasteiger partial charge is 0.480 e. The summed E-state index contributed by atoms with van der Waals surface area (Å²) < 4.78 is 0. The Hall–Kier alpha value is -1.63. The fraction of sp³-hybridized carbons (Fsp3) is 0.615. The lowest BCUT2D eigenvalue weighted by Gasteiger charge is -2.29. The summed E-state index contributed by atoms with van der Waals surface area (Å²) in [5.74, 6) is -0.946. The molecule has 1 unspecified atom stereocenters. The summed E-state index contributed by atoms with van der Waals surface area (Å²) in [5.41, 5.74) is 1.47. The van der Waals surface area contributed by atoms with Gasteiger partial charge in [-0.3, -0.25) is 0 Å². The van der Waals surface area contributed by atoms with Gasteiger partial charge in [-0.25, -0.2) is 14.6 Å². The van der Waals surface area contributed by atoms with Gasteiger partial charge in [0, 0.05) is 11.9 Å². The molecule has 6 nitrogen and oxygen atoms in total. The van der Waals surface area contributed by atoms with Crippen molar-refractivity contribution in [3.8, 4) is 0 Å². The number of urea groups is 1. The maximum atomic E-state index is 12.2.